The summed E-state index contributed by atoms with van der Waals surface area (Å²) in [4.78, 5) is 0. The fourth-order valence-electron chi connectivity index (χ4n) is 1.55. The number of methoxy groups -OCH3 is 1. The van der Waals surface area contributed by atoms with Gasteiger partial charge in [0.2, 0.25) is 0 Å². The predicted molar refractivity (Wildman–Crippen MR) is 55.9 cm³/mol. The van der Waals surface area contributed by atoms with Crippen LogP contribution in [0.15, 0.2) is 0 Å². The van der Waals surface area contributed by atoms with Crippen LogP contribution in [-0.4, -0.2) is 24.4 Å². The largest absolute Gasteiger partial charge is 0.387 e. The van der Waals surface area contributed by atoms with Gasteiger partial charge in [-0.25, -0.2) is 0 Å². The average molecular weight is 188 g/mol. The Kier molecular flexibility index (Phi) is 7.29. The van der Waals surface area contributed by atoms with Crippen LogP contribution in [0.1, 0.15) is 52.4 Å². The first-order valence-corrected chi connectivity index (χ1v) is 5.40. The lowest BCUT2D eigenvalue weighted by molar-refractivity contribution is -0.0456. The van der Waals surface area contributed by atoms with Crippen LogP contribution in [0.5, 0.6) is 0 Å². The number of ether oxygens (including phenoxy) is 1. The van der Waals surface area contributed by atoms with Crippen molar-refractivity contribution in [2.45, 2.75) is 58.0 Å². The van der Waals surface area contributed by atoms with Crippen LogP contribution in [0.2, 0.25) is 0 Å². The van der Waals surface area contributed by atoms with E-state index in [1.54, 1.807) is 7.11 Å². The summed E-state index contributed by atoms with van der Waals surface area (Å²) in [6.45, 7) is 4.77. The molecule has 0 spiro atoms. The maximum atomic E-state index is 10.1. The molecule has 0 bridgehead atoms. The first-order valence-electron chi connectivity index (χ1n) is 5.40. The van der Waals surface area contributed by atoms with Crippen molar-refractivity contribution in [2.24, 2.45) is 0 Å². The van der Waals surface area contributed by atoms with Crippen LogP contribution in [-0.2, 0) is 4.74 Å². The highest BCUT2D eigenvalue weighted by Gasteiger charge is 2.24. The summed E-state index contributed by atoms with van der Waals surface area (Å²) < 4.78 is 5.05. The third-order valence-electron chi connectivity index (χ3n) is 2.40. The molecule has 0 rings (SSSR count). The normalized spacial score (nSPS) is 12.0. The first kappa shape index (κ1) is 12.9. The maximum absolute atomic E-state index is 10.1. The molecule has 0 unspecified atom stereocenters. The van der Waals surface area contributed by atoms with E-state index in [1.165, 1.54) is 0 Å². The van der Waals surface area contributed by atoms with Gasteiger partial charge in [0.1, 0.15) is 0 Å². The number of aliphatic hydroxyl groups is 1. The molecule has 80 valence electrons. The van der Waals surface area contributed by atoms with E-state index in [4.69, 9.17) is 4.74 Å². The molecule has 0 aromatic heterocycles. The van der Waals surface area contributed by atoms with Crippen LogP contribution < -0.4 is 0 Å². The van der Waals surface area contributed by atoms with Gasteiger partial charge in [0, 0.05) is 7.11 Å². The van der Waals surface area contributed by atoms with E-state index in [2.05, 4.69) is 13.8 Å². The summed E-state index contributed by atoms with van der Waals surface area (Å²) >= 11 is 0. The molecule has 0 amide bonds. The van der Waals surface area contributed by atoms with Crippen LogP contribution in [0.25, 0.3) is 0 Å². The second-order valence-corrected chi connectivity index (χ2v) is 3.86. The zero-order chi connectivity index (χ0) is 10.2. The molecule has 1 N–H and O–H groups in total. The number of unbranched alkanes of at least 4 members (excludes halogenated alkanes) is 2. The summed E-state index contributed by atoms with van der Waals surface area (Å²) in [5.74, 6) is 0. The van der Waals surface area contributed by atoms with E-state index in [-0.39, 0.29) is 0 Å². The summed E-state index contributed by atoms with van der Waals surface area (Å²) in [5, 5.41) is 10.1. The van der Waals surface area contributed by atoms with E-state index in [1.807, 2.05) is 0 Å². The van der Waals surface area contributed by atoms with Crippen molar-refractivity contribution in [3.05, 3.63) is 0 Å². The molecule has 0 heterocycles. The molecule has 0 aliphatic heterocycles. The lowest BCUT2D eigenvalue weighted by Gasteiger charge is -2.27. The van der Waals surface area contributed by atoms with Crippen molar-refractivity contribution in [1.29, 1.82) is 0 Å². The highest BCUT2D eigenvalue weighted by atomic mass is 16.5. The molecule has 13 heavy (non-hydrogen) atoms. The molecule has 0 saturated carbocycles. The smallest absolute Gasteiger partial charge is 0.0880 e. The number of hydrogen-bond donors (Lipinski definition) is 1. The Hall–Kier alpha value is -0.0800. The number of rotatable bonds is 8. The average Bonchev–Trinajstić information content (AvgIpc) is 2.12. The lowest BCUT2D eigenvalue weighted by Crippen LogP contribution is -2.34. The van der Waals surface area contributed by atoms with Gasteiger partial charge < -0.3 is 9.84 Å². The van der Waals surface area contributed by atoms with Gasteiger partial charge in [-0.2, -0.15) is 0 Å². The van der Waals surface area contributed by atoms with E-state index >= 15 is 0 Å². The maximum Gasteiger partial charge on any atom is 0.0880 e. The Morgan fingerprint density at radius 3 is 1.85 bits per heavy atom. The van der Waals surface area contributed by atoms with E-state index in [9.17, 15) is 5.11 Å². The second kappa shape index (κ2) is 7.34. The predicted octanol–water partition coefficient (Wildman–Crippen LogP) is 2.74. The van der Waals surface area contributed by atoms with E-state index in [0.29, 0.717) is 6.61 Å². The fraction of sp³-hybridized carbons (Fsp3) is 1.00. The van der Waals surface area contributed by atoms with Gasteiger partial charge in [0.05, 0.1) is 12.2 Å². The summed E-state index contributed by atoms with van der Waals surface area (Å²) in [6.07, 6.45) is 6.19. The van der Waals surface area contributed by atoms with Crippen LogP contribution in [0.3, 0.4) is 0 Å². The SMILES string of the molecule is CCCCC(O)(CCCC)COC. The van der Waals surface area contributed by atoms with E-state index < -0.39 is 5.60 Å². The van der Waals surface area contributed by atoms with Crippen LogP contribution in [0.4, 0.5) is 0 Å². The number of hydrogen-bond acceptors (Lipinski definition) is 2. The monoisotopic (exact) mass is 188 g/mol. The topological polar surface area (TPSA) is 29.5 Å². The molecule has 0 radical (unpaired) electrons. The van der Waals surface area contributed by atoms with Gasteiger partial charge in [0.15, 0.2) is 0 Å². The summed E-state index contributed by atoms with van der Waals surface area (Å²) in [6, 6.07) is 0. The molecule has 0 aliphatic carbocycles. The molecule has 0 saturated heterocycles. The minimum atomic E-state index is -0.569. The fourth-order valence-corrected chi connectivity index (χ4v) is 1.55. The van der Waals surface area contributed by atoms with Gasteiger partial charge in [-0.1, -0.05) is 39.5 Å². The van der Waals surface area contributed by atoms with Crippen molar-refractivity contribution in [1.82, 2.24) is 0 Å². The third-order valence-corrected chi connectivity index (χ3v) is 2.40. The van der Waals surface area contributed by atoms with Gasteiger partial charge in [-0.3, -0.25) is 0 Å². The van der Waals surface area contributed by atoms with Crippen LogP contribution in [0, 0.1) is 0 Å². The highest BCUT2D eigenvalue weighted by Crippen LogP contribution is 2.21. The molecular formula is C11H24O2. The molecule has 0 aromatic carbocycles. The lowest BCUT2D eigenvalue weighted by atomic mass is 9.92. The minimum absolute atomic E-state index is 0.479. The molecule has 0 aromatic rings. The summed E-state index contributed by atoms with van der Waals surface area (Å²) in [5.41, 5.74) is -0.569. The molecule has 0 fully saturated rings. The molecule has 0 aliphatic rings. The van der Waals surface area contributed by atoms with Crippen molar-refractivity contribution in [3.8, 4) is 0 Å². The minimum Gasteiger partial charge on any atom is -0.387 e. The molecule has 2 nitrogen and oxygen atoms in total. The van der Waals surface area contributed by atoms with Crippen molar-refractivity contribution in [2.75, 3.05) is 13.7 Å². The zero-order valence-corrected chi connectivity index (χ0v) is 9.31. The molecule has 2 heteroatoms. The van der Waals surface area contributed by atoms with Crippen molar-refractivity contribution < 1.29 is 9.84 Å². The highest BCUT2D eigenvalue weighted by molar-refractivity contribution is 4.77. The van der Waals surface area contributed by atoms with Gasteiger partial charge >= 0.3 is 0 Å². The quantitative estimate of drug-likeness (QED) is 0.634. The van der Waals surface area contributed by atoms with Gasteiger partial charge in [-0.05, 0) is 12.8 Å². The zero-order valence-electron chi connectivity index (χ0n) is 9.31. The Bertz CT molecular complexity index is 105. The third kappa shape index (κ3) is 6.05. The second-order valence-electron chi connectivity index (χ2n) is 3.86. The molecular weight excluding hydrogens is 164 g/mol. The Morgan fingerprint density at radius 1 is 1.08 bits per heavy atom. The summed E-state index contributed by atoms with van der Waals surface area (Å²) in [7, 11) is 1.66. The standard InChI is InChI=1S/C11H24O2/c1-4-6-8-11(12,10-13-3)9-7-5-2/h12H,4-10H2,1-3H3. The first-order chi connectivity index (χ1) is 6.18. The van der Waals surface area contributed by atoms with Crippen LogP contribution >= 0.6 is 0 Å². The Labute approximate surface area is 82.3 Å². The Morgan fingerprint density at radius 2 is 1.54 bits per heavy atom. The Balaban J connectivity index is 3.84. The van der Waals surface area contributed by atoms with Crippen molar-refractivity contribution >= 4 is 0 Å². The van der Waals surface area contributed by atoms with Gasteiger partial charge in [0.25, 0.3) is 0 Å². The van der Waals surface area contributed by atoms with Crippen molar-refractivity contribution in [3.63, 3.8) is 0 Å². The molecule has 0 atom stereocenters. The van der Waals surface area contributed by atoms with Gasteiger partial charge in [-0.15, -0.1) is 0 Å². The van der Waals surface area contributed by atoms with E-state index in [0.717, 1.165) is 38.5 Å².